The second-order valence-electron chi connectivity index (χ2n) is 6.64. The second kappa shape index (κ2) is 6.38. The zero-order valence-corrected chi connectivity index (χ0v) is 14.5. The number of rotatable bonds is 2. The van der Waals surface area contributed by atoms with Gasteiger partial charge in [0.05, 0.1) is 16.8 Å². The third-order valence-electron chi connectivity index (χ3n) is 4.94. The minimum absolute atomic E-state index is 0.0726. The number of hydrogen-bond donors (Lipinski definition) is 0. The fourth-order valence-corrected chi connectivity index (χ4v) is 3.39. The first-order chi connectivity index (χ1) is 12.6. The highest BCUT2D eigenvalue weighted by Gasteiger charge is 2.36. The first kappa shape index (κ1) is 16.5. The molecule has 6 heteroatoms. The first-order valence-corrected chi connectivity index (χ1v) is 8.62. The molecule has 1 saturated heterocycles. The quantitative estimate of drug-likeness (QED) is 0.777. The van der Waals surface area contributed by atoms with E-state index in [1.54, 1.807) is 48.5 Å². The second-order valence-corrected chi connectivity index (χ2v) is 6.64. The summed E-state index contributed by atoms with van der Waals surface area (Å²) in [4.78, 5) is 43.2. The minimum atomic E-state index is -0.352. The summed E-state index contributed by atoms with van der Waals surface area (Å²) in [5.41, 5.74) is 1.71. The lowest BCUT2D eigenvalue weighted by atomic mass is 10.1. The van der Waals surface area contributed by atoms with Crippen molar-refractivity contribution >= 4 is 23.4 Å². The summed E-state index contributed by atoms with van der Waals surface area (Å²) in [6.45, 7) is 3.02. The standard InChI is InChI=1S/C20H19N3O3/c1-21-9-11-22(12-10-21)18(24)14-5-4-6-15(13-14)23-19(25)16-7-2-3-8-17(16)20(23)26/h2-8,13H,9-12H2,1H3. The molecule has 2 aliphatic heterocycles. The van der Waals surface area contributed by atoms with E-state index < -0.39 is 0 Å². The van der Waals surface area contributed by atoms with Crippen LogP contribution in [0.3, 0.4) is 0 Å². The van der Waals surface area contributed by atoms with Gasteiger partial charge in [-0.2, -0.15) is 0 Å². The van der Waals surface area contributed by atoms with E-state index in [0.717, 1.165) is 18.0 Å². The SMILES string of the molecule is CN1CCN(C(=O)c2cccc(N3C(=O)c4ccccc4C3=O)c2)CC1. The van der Waals surface area contributed by atoms with Crippen molar-refractivity contribution in [3.05, 3.63) is 65.2 Å². The molecule has 0 aromatic heterocycles. The molecule has 26 heavy (non-hydrogen) atoms. The number of imide groups is 1. The van der Waals surface area contributed by atoms with Crippen LogP contribution in [-0.2, 0) is 0 Å². The van der Waals surface area contributed by atoms with Crippen molar-refractivity contribution in [2.75, 3.05) is 38.1 Å². The summed E-state index contributed by atoms with van der Waals surface area (Å²) in [6.07, 6.45) is 0. The van der Waals surface area contributed by atoms with Crippen molar-refractivity contribution in [1.29, 1.82) is 0 Å². The lowest BCUT2D eigenvalue weighted by Crippen LogP contribution is -2.47. The number of amides is 3. The van der Waals surface area contributed by atoms with Crippen LogP contribution in [0.5, 0.6) is 0 Å². The smallest absolute Gasteiger partial charge is 0.266 e. The van der Waals surface area contributed by atoms with Crippen LogP contribution in [0.4, 0.5) is 5.69 Å². The highest BCUT2D eigenvalue weighted by molar-refractivity contribution is 6.34. The number of likely N-dealkylation sites (N-methyl/N-ethyl adjacent to an activating group) is 1. The van der Waals surface area contributed by atoms with Gasteiger partial charge in [0, 0.05) is 31.7 Å². The molecule has 0 atom stereocenters. The van der Waals surface area contributed by atoms with Crippen LogP contribution in [0.2, 0.25) is 0 Å². The van der Waals surface area contributed by atoms with Gasteiger partial charge < -0.3 is 9.80 Å². The third kappa shape index (κ3) is 2.68. The largest absolute Gasteiger partial charge is 0.336 e. The molecule has 4 rings (SSSR count). The van der Waals surface area contributed by atoms with Crippen LogP contribution < -0.4 is 4.90 Å². The fraction of sp³-hybridized carbons (Fsp3) is 0.250. The van der Waals surface area contributed by atoms with Gasteiger partial charge in [-0.15, -0.1) is 0 Å². The average molecular weight is 349 g/mol. The summed E-state index contributed by atoms with van der Waals surface area (Å²) >= 11 is 0. The molecule has 0 aliphatic carbocycles. The Bertz CT molecular complexity index is 866. The Morgan fingerprint density at radius 1 is 0.846 bits per heavy atom. The van der Waals surface area contributed by atoms with Gasteiger partial charge >= 0.3 is 0 Å². The molecule has 0 saturated carbocycles. The summed E-state index contributed by atoms with van der Waals surface area (Å²) in [6, 6.07) is 13.5. The molecule has 0 unspecified atom stereocenters. The summed E-state index contributed by atoms with van der Waals surface area (Å²) < 4.78 is 0. The topological polar surface area (TPSA) is 60.9 Å². The van der Waals surface area contributed by atoms with Crippen molar-refractivity contribution in [2.45, 2.75) is 0 Å². The van der Waals surface area contributed by atoms with Crippen LogP contribution in [-0.4, -0.2) is 60.7 Å². The molecule has 0 bridgehead atoms. The third-order valence-corrected chi connectivity index (χ3v) is 4.94. The monoisotopic (exact) mass is 349 g/mol. The predicted molar refractivity (Wildman–Crippen MR) is 97.4 cm³/mol. The van der Waals surface area contributed by atoms with E-state index in [0.29, 0.717) is 35.5 Å². The summed E-state index contributed by atoms with van der Waals surface area (Å²) in [7, 11) is 2.03. The number of anilines is 1. The maximum absolute atomic E-state index is 12.8. The lowest BCUT2D eigenvalue weighted by Gasteiger charge is -2.32. The number of carbonyl (C=O) groups excluding carboxylic acids is 3. The van der Waals surface area contributed by atoms with Gasteiger partial charge in [-0.05, 0) is 37.4 Å². The normalized spacial score (nSPS) is 17.6. The number of hydrogen-bond acceptors (Lipinski definition) is 4. The molecule has 3 amide bonds. The number of nitrogens with zero attached hydrogens (tertiary/aromatic N) is 3. The van der Waals surface area contributed by atoms with Gasteiger partial charge in [0.1, 0.15) is 0 Å². The number of benzene rings is 2. The molecule has 2 aromatic rings. The molecule has 0 N–H and O–H groups in total. The fourth-order valence-electron chi connectivity index (χ4n) is 3.39. The number of fused-ring (bicyclic) bond motifs is 1. The Hall–Kier alpha value is -2.99. The Morgan fingerprint density at radius 3 is 2.08 bits per heavy atom. The van der Waals surface area contributed by atoms with Crippen LogP contribution >= 0.6 is 0 Å². The predicted octanol–water partition coefficient (Wildman–Crippen LogP) is 1.87. The molecule has 6 nitrogen and oxygen atoms in total. The van der Waals surface area contributed by atoms with E-state index in [4.69, 9.17) is 0 Å². The van der Waals surface area contributed by atoms with Gasteiger partial charge in [-0.3, -0.25) is 14.4 Å². The van der Waals surface area contributed by atoms with E-state index in [-0.39, 0.29) is 17.7 Å². The zero-order chi connectivity index (χ0) is 18.3. The van der Waals surface area contributed by atoms with Crippen molar-refractivity contribution < 1.29 is 14.4 Å². The van der Waals surface area contributed by atoms with Gasteiger partial charge in [-0.25, -0.2) is 4.90 Å². The van der Waals surface area contributed by atoms with Crippen LogP contribution in [0, 0.1) is 0 Å². The molecular formula is C20H19N3O3. The van der Waals surface area contributed by atoms with Gasteiger partial charge in [0.2, 0.25) is 0 Å². The maximum Gasteiger partial charge on any atom is 0.266 e. The lowest BCUT2D eigenvalue weighted by molar-refractivity contribution is 0.0663. The average Bonchev–Trinajstić information content (AvgIpc) is 2.93. The molecule has 2 aromatic carbocycles. The van der Waals surface area contributed by atoms with Gasteiger partial charge in [0.25, 0.3) is 17.7 Å². The van der Waals surface area contributed by atoms with Crippen molar-refractivity contribution in [1.82, 2.24) is 9.80 Å². The molecule has 1 fully saturated rings. The summed E-state index contributed by atoms with van der Waals surface area (Å²) in [5, 5.41) is 0. The number of carbonyl (C=O) groups is 3. The Balaban J connectivity index is 1.62. The molecular weight excluding hydrogens is 330 g/mol. The van der Waals surface area contributed by atoms with E-state index in [1.807, 2.05) is 11.9 Å². The highest BCUT2D eigenvalue weighted by Crippen LogP contribution is 2.29. The zero-order valence-electron chi connectivity index (χ0n) is 14.5. The van der Waals surface area contributed by atoms with E-state index in [1.165, 1.54) is 0 Å². The van der Waals surface area contributed by atoms with Gasteiger partial charge in [-0.1, -0.05) is 18.2 Å². The van der Waals surface area contributed by atoms with E-state index >= 15 is 0 Å². The molecule has 0 radical (unpaired) electrons. The van der Waals surface area contributed by atoms with Gasteiger partial charge in [0.15, 0.2) is 0 Å². The molecule has 2 heterocycles. The van der Waals surface area contributed by atoms with E-state index in [2.05, 4.69) is 4.90 Å². The highest BCUT2D eigenvalue weighted by atomic mass is 16.2. The Kier molecular flexibility index (Phi) is 4.05. The van der Waals surface area contributed by atoms with Crippen molar-refractivity contribution in [3.8, 4) is 0 Å². The van der Waals surface area contributed by atoms with E-state index in [9.17, 15) is 14.4 Å². The van der Waals surface area contributed by atoms with Crippen molar-refractivity contribution in [2.24, 2.45) is 0 Å². The Morgan fingerprint density at radius 2 is 1.46 bits per heavy atom. The molecule has 0 spiro atoms. The van der Waals surface area contributed by atoms with Crippen LogP contribution in [0.15, 0.2) is 48.5 Å². The first-order valence-electron chi connectivity index (χ1n) is 8.62. The maximum atomic E-state index is 12.8. The van der Waals surface area contributed by atoms with Crippen LogP contribution in [0.1, 0.15) is 31.1 Å². The Labute approximate surface area is 151 Å². The number of piperazine rings is 1. The van der Waals surface area contributed by atoms with Crippen molar-refractivity contribution in [3.63, 3.8) is 0 Å². The molecule has 2 aliphatic rings. The minimum Gasteiger partial charge on any atom is -0.336 e. The molecule has 132 valence electrons. The van der Waals surface area contributed by atoms with Crippen LogP contribution in [0.25, 0.3) is 0 Å². The summed E-state index contributed by atoms with van der Waals surface area (Å²) in [5.74, 6) is -0.777.